The molecule has 1 atom stereocenters. The summed E-state index contributed by atoms with van der Waals surface area (Å²) >= 11 is 7.43. The van der Waals surface area contributed by atoms with E-state index in [1.807, 2.05) is 26.2 Å². The summed E-state index contributed by atoms with van der Waals surface area (Å²) in [6.07, 6.45) is 0.912. The number of thiophene rings is 1. The predicted molar refractivity (Wildman–Crippen MR) is 59.6 cm³/mol. The van der Waals surface area contributed by atoms with Gasteiger partial charge in [-0.25, -0.2) is 0 Å². The fourth-order valence-corrected chi connectivity index (χ4v) is 2.43. The Bertz CT molecular complexity index is 260. The third-order valence-corrected chi connectivity index (χ3v) is 2.95. The molecule has 0 bridgehead atoms. The third kappa shape index (κ3) is 4.09. The molecule has 0 radical (unpaired) electrons. The summed E-state index contributed by atoms with van der Waals surface area (Å²) in [4.78, 5) is 3.36. The van der Waals surface area contributed by atoms with E-state index in [9.17, 15) is 0 Å². The highest BCUT2D eigenvalue weighted by Crippen LogP contribution is 2.22. The molecule has 1 aromatic heterocycles. The summed E-state index contributed by atoms with van der Waals surface area (Å²) in [6.45, 7) is 0.912. The van der Waals surface area contributed by atoms with Crippen LogP contribution in [-0.4, -0.2) is 31.6 Å². The maximum atomic E-state index is 5.94. The van der Waals surface area contributed by atoms with Crippen molar-refractivity contribution in [3.63, 3.8) is 0 Å². The second-order valence-electron chi connectivity index (χ2n) is 3.43. The van der Waals surface area contributed by atoms with Gasteiger partial charge < -0.3 is 10.6 Å². The largest absolute Gasteiger partial charge is 0.326 e. The summed E-state index contributed by atoms with van der Waals surface area (Å²) in [5, 5.41) is 0. The fraction of sp³-hybridized carbons (Fsp3) is 0.556. The van der Waals surface area contributed by atoms with Gasteiger partial charge in [0.2, 0.25) is 0 Å². The maximum Gasteiger partial charge on any atom is 0.0931 e. The van der Waals surface area contributed by atoms with Crippen molar-refractivity contribution in [2.75, 3.05) is 20.6 Å². The van der Waals surface area contributed by atoms with Crippen LogP contribution < -0.4 is 5.73 Å². The van der Waals surface area contributed by atoms with Crippen molar-refractivity contribution in [1.29, 1.82) is 0 Å². The Hall–Kier alpha value is -0.0900. The highest BCUT2D eigenvalue weighted by molar-refractivity contribution is 7.16. The summed E-state index contributed by atoms with van der Waals surface area (Å²) in [5.74, 6) is 0. The lowest BCUT2D eigenvalue weighted by Crippen LogP contribution is -2.34. The molecule has 0 aliphatic heterocycles. The fourth-order valence-electron chi connectivity index (χ4n) is 1.25. The van der Waals surface area contributed by atoms with Crippen molar-refractivity contribution in [1.82, 2.24) is 4.90 Å². The molecule has 0 aromatic carbocycles. The summed E-state index contributed by atoms with van der Waals surface area (Å²) in [7, 11) is 4.06. The Morgan fingerprint density at radius 2 is 2.23 bits per heavy atom. The Morgan fingerprint density at radius 1 is 1.54 bits per heavy atom. The molecule has 4 heteroatoms. The van der Waals surface area contributed by atoms with E-state index in [-0.39, 0.29) is 6.04 Å². The first-order valence-corrected chi connectivity index (χ1v) is 5.42. The molecular formula is C9H15ClN2S. The minimum atomic E-state index is 0.199. The standard InChI is InChI=1S/C9H15ClN2S/c1-12(2)6-7(11)5-8-3-4-9(10)13-8/h3-4,7H,5-6,11H2,1-2H3. The van der Waals surface area contributed by atoms with Crippen molar-refractivity contribution in [2.24, 2.45) is 5.73 Å². The van der Waals surface area contributed by atoms with Crippen molar-refractivity contribution in [2.45, 2.75) is 12.5 Å². The van der Waals surface area contributed by atoms with Gasteiger partial charge in [-0.1, -0.05) is 11.6 Å². The van der Waals surface area contributed by atoms with E-state index >= 15 is 0 Å². The molecule has 13 heavy (non-hydrogen) atoms. The number of rotatable bonds is 4. The predicted octanol–water partition coefficient (Wildman–Crippen LogP) is 1.83. The molecule has 0 amide bonds. The van der Waals surface area contributed by atoms with Crippen molar-refractivity contribution in [3.05, 3.63) is 21.3 Å². The maximum absolute atomic E-state index is 5.94. The first-order valence-electron chi connectivity index (χ1n) is 4.22. The Morgan fingerprint density at radius 3 is 2.69 bits per heavy atom. The van der Waals surface area contributed by atoms with Gasteiger partial charge in [0.1, 0.15) is 0 Å². The molecule has 1 rings (SSSR count). The van der Waals surface area contributed by atoms with Gasteiger partial charge in [-0.3, -0.25) is 0 Å². The van der Waals surface area contributed by atoms with E-state index in [0.717, 1.165) is 17.3 Å². The lowest BCUT2D eigenvalue weighted by atomic mass is 10.2. The van der Waals surface area contributed by atoms with E-state index in [4.69, 9.17) is 17.3 Å². The van der Waals surface area contributed by atoms with Crippen molar-refractivity contribution >= 4 is 22.9 Å². The molecule has 0 aliphatic rings. The van der Waals surface area contributed by atoms with Gasteiger partial charge in [-0.05, 0) is 32.6 Å². The van der Waals surface area contributed by atoms with E-state index in [2.05, 4.69) is 4.90 Å². The molecule has 1 heterocycles. The van der Waals surface area contributed by atoms with Crippen LogP contribution in [-0.2, 0) is 6.42 Å². The molecule has 0 saturated heterocycles. The minimum Gasteiger partial charge on any atom is -0.326 e. The van der Waals surface area contributed by atoms with Gasteiger partial charge in [0.25, 0.3) is 0 Å². The van der Waals surface area contributed by atoms with E-state index in [1.165, 1.54) is 4.88 Å². The zero-order chi connectivity index (χ0) is 9.84. The zero-order valence-electron chi connectivity index (χ0n) is 7.96. The molecule has 0 saturated carbocycles. The first kappa shape index (κ1) is 11.0. The van der Waals surface area contributed by atoms with Crippen molar-refractivity contribution in [3.8, 4) is 0 Å². The van der Waals surface area contributed by atoms with Crippen LogP contribution in [0.25, 0.3) is 0 Å². The van der Waals surface area contributed by atoms with E-state index in [1.54, 1.807) is 11.3 Å². The lowest BCUT2D eigenvalue weighted by molar-refractivity contribution is 0.372. The molecule has 1 unspecified atom stereocenters. The Balaban J connectivity index is 2.40. The molecule has 0 spiro atoms. The van der Waals surface area contributed by atoms with Gasteiger partial charge in [0, 0.05) is 17.5 Å². The molecule has 74 valence electrons. The monoisotopic (exact) mass is 218 g/mol. The summed E-state index contributed by atoms with van der Waals surface area (Å²) in [5.41, 5.74) is 5.94. The number of nitrogens with two attached hydrogens (primary N) is 1. The van der Waals surface area contributed by atoms with Crippen LogP contribution in [0.3, 0.4) is 0 Å². The van der Waals surface area contributed by atoms with Gasteiger partial charge in [0.15, 0.2) is 0 Å². The average Bonchev–Trinajstić information content (AvgIpc) is 2.33. The topological polar surface area (TPSA) is 29.3 Å². The number of hydrogen-bond donors (Lipinski definition) is 1. The van der Waals surface area contributed by atoms with Crippen LogP contribution in [0.4, 0.5) is 0 Å². The number of halogens is 1. The highest BCUT2D eigenvalue weighted by atomic mass is 35.5. The molecule has 1 aromatic rings. The van der Waals surface area contributed by atoms with Crippen molar-refractivity contribution < 1.29 is 0 Å². The van der Waals surface area contributed by atoms with Gasteiger partial charge in [-0.15, -0.1) is 11.3 Å². The lowest BCUT2D eigenvalue weighted by Gasteiger charge is -2.15. The smallest absolute Gasteiger partial charge is 0.0931 e. The van der Waals surface area contributed by atoms with Crippen LogP contribution in [0.2, 0.25) is 4.34 Å². The zero-order valence-corrected chi connectivity index (χ0v) is 9.53. The van der Waals surface area contributed by atoms with Crippen LogP contribution >= 0.6 is 22.9 Å². The number of hydrogen-bond acceptors (Lipinski definition) is 3. The summed E-state index contributed by atoms with van der Waals surface area (Å²) in [6, 6.07) is 4.16. The quantitative estimate of drug-likeness (QED) is 0.836. The van der Waals surface area contributed by atoms with Crippen LogP contribution in [0.1, 0.15) is 4.88 Å². The molecule has 0 fully saturated rings. The normalized spacial score (nSPS) is 13.6. The van der Waals surface area contributed by atoms with Crippen LogP contribution in [0, 0.1) is 0 Å². The second kappa shape index (κ2) is 4.96. The minimum absolute atomic E-state index is 0.199. The van der Waals surface area contributed by atoms with Gasteiger partial charge in [-0.2, -0.15) is 0 Å². The first-order chi connectivity index (χ1) is 6.08. The molecule has 2 nitrogen and oxygen atoms in total. The van der Waals surface area contributed by atoms with Crippen LogP contribution in [0.5, 0.6) is 0 Å². The number of nitrogens with zero attached hydrogens (tertiary/aromatic N) is 1. The average molecular weight is 219 g/mol. The SMILES string of the molecule is CN(C)CC(N)Cc1ccc(Cl)s1. The Kier molecular flexibility index (Phi) is 4.19. The van der Waals surface area contributed by atoms with E-state index < -0.39 is 0 Å². The third-order valence-electron chi connectivity index (χ3n) is 1.69. The summed E-state index contributed by atoms with van der Waals surface area (Å²) < 4.78 is 0.840. The highest BCUT2D eigenvalue weighted by Gasteiger charge is 2.06. The number of likely N-dealkylation sites (N-methyl/N-ethyl adjacent to an activating group) is 1. The van der Waals surface area contributed by atoms with E-state index in [0.29, 0.717) is 0 Å². The molecule has 0 aliphatic carbocycles. The molecule has 2 N–H and O–H groups in total. The van der Waals surface area contributed by atoms with Gasteiger partial charge >= 0.3 is 0 Å². The second-order valence-corrected chi connectivity index (χ2v) is 5.23. The Labute approximate surface area is 88.3 Å². The van der Waals surface area contributed by atoms with Crippen LogP contribution in [0.15, 0.2) is 12.1 Å². The van der Waals surface area contributed by atoms with Gasteiger partial charge in [0.05, 0.1) is 4.34 Å². The molecular weight excluding hydrogens is 204 g/mol.